The highest BCUT2D eigenvalue weighted by Gasteiger charge is 2.01. The molecule has 0 saturated carbocycles. The van der Waals surface area contributed by atoms with Crippen LogP contribution in [0.1, 0.15) is 5.56 Å². The van der Waals surface area contributed by atoms with E-state index in [1.165, 1.54) is 0 Å². The van der Waals surface area contributed by atoms with E-state index in [0.29, 0.717) is 0 Å². The number of aliphatic hydroxyl groups is 1. The Bertz CT molecular complexity index is 372. The van der Waals surface area contributed by atoms with Crippen LogP contribution in [0.5, 0.6) is 0 Å². The lowest BCUT2D eigenvalue weighted by molar-refractivity contribution is 0.281. The zero-order chi connectivity index (χ0) is 7.68. The summed E-state index contributed by atoms with van der Waals surface area (Å²) in [6.45, 7) is -0.0299. The number of aromatic nitrogens is 1. The summed E-state index contributed by atoms with van der Waals surface area (Å²) in [6, 6.07) is 1.82. The summed E-state index contributed by atoms with van der Waals surface area (Å²) in [5, 5.41) is 9.78. The zero-order valence-corrected chi connectivity index (χ0v) is 6.40. The lowest BCUT2D eigenvalue weighted by Gasteiger charge is -1.94. The van der Waals surface area contributed by atoms with Gasteiger partial charge in [-0.05, 0) is 6.07 Å². The van der Waals surface area contributed by atoms with E-state index in [1.807, 2.05) is 6.07 Å². The number of rotatable bonds is 1. The van der Waals surface area contributed by atoms with Gasteiger partial charge in [0, 0.05) is 31.8 Å². The minimum atomic E-state index is -0.0299. The van der Waals surface area contributed by atoms with Crippen molar-refractivity contribution in [1.82, 2.24) is 4.98 Å². The molecular weight excluding hydrogens is 153 g/mol. The fourth-order valence-corrected chi connectivity index (χ4v) is 1.06. The highest BCUT2D eigenvalue weighted by Crippen LogP contribution is 2.17. The van der Waals surface area contributed by atoms with Gasteiger partial charge in [-0.15, -0.1) is 0 Å². The number of furan rings is 1. The smallest absolute Gasteiger partial charge is 0.142 e. The molecule has 0 aliphatic heterocycles. The molecule has 0 fully saturated rings. The summed E-state index contributed by atoms with van der Waals surface area (Å²) in [6.07, 6.45) is 4.90. The highest BCUT2D eigenvalue weighted by atomic mass is 16.3. The SMILES string of the molecule is OCc1cncc2ccoc12.[B]. The molecule has 0 atom stereocenters. The molecular formula is C8H7BNO2. The molecule has 2 heterocycles. The maximum absolute atomic E-state index is 8.85. The second-order valence-electron chi connectivity index (χ2n) is 2.30. The maximum Gasteiger partial charge on any atom is 0.142 e. The van der Waals surface area contributed by atoms with Crippen LogP contribution in [0.25, 0.3) is 11.0 Å². The predicted molar refractivity (Wildman–Crippen MR) is 45.7 cm³/mol. The molecule has 0 spiro atoms. The van der Waals surface area contributed by atoms with Gasteiger partial charge in [-0.3, -0.25) is 4.98 Å². The van der Waals surface area contributed by atoms with Crippen molar-refractivity contribution in [3.05, 3.63) is 30.3 Å². The summed E-state index contributed by atoms with van der Waals surface area (Å²) in [5.41, 5.74) is 1.45. The molecule has 0 aliphatic carbocycles. The van der Waals surface area contributed by atoms with Crippen molar-refractivity contribution in [3.8, 4) is 0 Å². The Kier molecular flexibility index (Phi) is 2.50. The Morgan fingerprint density at radius 1 is 1.42 bits per heavy atom. The molecule has 2 rings (SSSR count). The number of aliphatic hydroxyl groups excluding tert-OH is 1. The minimum Gasteiger partial charge on any atom is -0.464 e. The van der Waals surface area contributed by atoms with E-state index < -0.39 is 0 Å². The van der Waals surface area contributed by atoms with Gasteiger partial charge in [0.15, 0.2) is 0 Å². The molecule has 0 bridgehead atoms. The molecule has 12 heavy (non-hydrogen) atoms. The van der Waals surface area contributed by atoms with Gasteiger partial charge in [-0.25, -0.2) is 0 Å². The molecule has 0 aliphatic rings. The Hall–Kier alpha value is -1.29. The summed E-state index contributed by atoms with van der Waals surface area (Å²) >= 11 is 0. The lowest BCUT2D eigenvalue weighted by atomic mass is 10.2. The van der Waals surface area contributed by atoms with Crippen LogP contribution in [0, 0.1) is 0 Å². The fraction of sp³-hybridized carbons (Fsp3) is 0.125. The minimum absolute atomic E-state index is 0. The third-order valence-electron chi connectivity index (χ3n) is 1.60. The fourth-order valence-electron chi connectivity index (χ4n) is 1.06. The van der Waals surface area contributed by atoms with Gasteiger partial charge < -0.3 is 9.52 Å². The largest absolute Gasteiger partial charge is 0.464 e. The van der Waals surface area contributed by atoms with Gasteiger partial charge in [0.1, 0.15) is 5.58 Å². The first-order valence-electron chi connectivity index (χ1n) is 3.33. The summed E-state index contributed by atoms with van der Waals surface area (Å²) < 4.78 is 5.14. The molecule has 59 valence electrons. The first-order valence-corrected chi connectivity index (χ1v) is 3.33. The van der Waals surface area contributed by atoms with Crippen LogP contribution in [0.3, 0.4) is 0 Å². The quantitative estimate of drug-likeness (QED) is 0.631. The Morgan fingerprint density at radius 2 is 2.25 bits per heavy atom. The molecule has 0 unspecified atom stereocenters. The van der Waals surface area contributed by atoms with Crippen molar-refractivity contribution < 1.29 is 9.52 Å². The van der Waals surface area contributed by atoms with Crippen molar-refractivity contribution >= 4 is 19.4 Å². The van der Waals surface area contributed by atoms with Crippen molar-refractivity contribution in [2.24, 2.45) is 0 Å². The molecule has 0 saturated heterocycles. The van der Waals surface area contributed by atoms with Crippen LogP contribution >= 0.6 is 0 Å². The van der Waals surface area contributed by atoms with Gasteiger partial charge in [0.25, 0.3) is 0 Å². The number of fused-ring (bicyclic) bond motifs is 1. The van der Waals surface area contributed by atoms with Gasteiger partial charge in [-0.1, -0.05) is 0 Å². The Morgan fingerprint density at radius 3 is 3.00 bits per heavy atom. The number of pyridine rings is 1. The van der Waals surface area contributed by atoms with Crippen LogP contribution < -0.4 is 0 Å². The van der Waals surface area contributed by atoms with Crippen molar-refractivity contribution in [1.29, 1.82) is 0 Å². The highest BCUT2D eigenvalue weighted by molar-refractivity contribution is 5.78. The van der Waals surface area contributed by atoms with Crippen molar-refractivity contribution in [2.45, 2.75) is 6.61 Å². The van der Waals surface area contributed by atoms with E-state index >= 15 is 0 Å². The molecule has 2 aromatic heterocycles. The topological polar surface area (TPSA) is 46.3 Å². The monoisotopic (exact) mass is 160 g/mol. The van der Waals surface area contributed by atoms with Gasteiger partial charge in [0.05, 0.1) is 12.9 Å². The number of nitrogens with zero attached hydrogens (tertiary/aromatic N) is 1. The van der Waals surface area contributed by atoms with Crippen molar-refractivity contribution in [2.75, 3.05) is 0 Å². The molecule has 0 amide bonds. The molecule has 0 aromatic carbocycles. The van der Waals surface area contributed by atoms with E-state index in [9.17, 15) is 0 Å². The maximum atomic E-state index is 8.85. The molecule has 1 N–H and O–H groups in total. The molecule has 3 radical (unpaired) electrons. The Balaban J connectivity index is 0.000000720. The second kappa shape index (κ2) is 3.41. The first kappa shape index (κ1) is 8.81. The number of hydrogen-bond donors (Lipinski definition) is 1. The van der Waals surface area contributed by atoms with Crippen LogP contribution in [-0.2, 0) is 6.61 Å². The number of hydrogen-bond acceptors (Lipinski definition) is 3. The first-order chi connectivity index (χ1) is 5.42. The second-order valence-corrected chi connectivity index (χ2v) is 2.30. The van der Waals surface area contributed by atoms with Crippen molar-refractivity contribution in [3.63, 3.8) is 0 Å². The average molecular weight is 160 g/mol. The average Bonchev–Trinajstić information content (AvgIpc) is 2.50. The molecule has 4 heteroatoms. The van der Waals surface area contributed by atoms with Crippen LogP contribution in [-0.4, -0.2) is 18.5 Å². The van der Waals surface area contributed by atoms with Crippen LogP contribution in [0.4, 0.5) is 0 Å². The predicted octanol–water partition coefficient (Wildman–Crippen LogP) is 0.939. The standard InChI is InChI=1S/C8H7NO2.B/c10-5-7-4-9-3-6-1-2-11-8(6)7;/h1-4,10H,5H2;. The van der Waals surface area contributed by atoms with Gasteiger partial charge >= 0.3 is 0 Å². The van der Waals surface area contributed by atoms with Gasteiger partial charge in [-0.2, -0.15) is 0 Å². The van der Waals surface area contributed by atoms with Gasteiger partial charge in [0.2, 0.25) is 0 Å². The van der Waals surface area contributed by atoms with E-state index in [2.05, 4.69) is 4.98 Å². The molecule has 2 aromatic rings. The third kappa shape index (κ3) is 1.21. The lowest BCUT2D eigenvalue weighted by Crippen LogP contribution is -1.84. The normalized spacial score (nSPS) is 9.75. The molecule has 3 nitrogen and oxygen atoms in total. The van der Waals surface area contributed by atoms with Crippen LogP contribution in [0.2, 0.25) is 0 Å². The van der Waals surface area contributed by atoms with Crippen LogP contribution in [0.15, 0.2) is 29.1 Å². The summed E-state index contributed by atoms with van der Waals surface area (Å²) in [5.74, 6) is 0. The van der Waals surface area contributed by atoms with E-state index in [4.69, 9.17) is 9.52 Å². The zero-order valence-electron chi connectivity index (χ0n) is 6.40. The van der Waals surface area contributed by atoms with E-state index in [1.54, 1.807) is 18.7 Å². The Labute approximate surface area is 71.6 Å². The van der Waals surface area contributed by atoms with E-state index in [0.717, 1.165) is 16.5 Å². The summed E-state index contributed by atoms with van der Waals surface area (Å²) in [4.78, 5) is 3.94. The third-order valence-corrected chi connectivity index (χ3v) is 1.60. The van der Waals surface area contributed by atoms with E-state index in [-0.39, 0.29) is 15.0 Å². The summed E-state index contributed by atoms with van der Waals surface area (Å²) in [7, 11) is 0.